The minimum absolute atomic E-state index is 0.440. The van der Waals surface area contributed by atoms with E-state index in [0.29, 0.717) is 17.9 Å². The topological polar surface area (TPSA) is 51.0 Å². The van der Waals surface area contributed by atoms with Crippen LogP contribution in [0.2, 0.25) is 0 Å². The van der Waals surface area contributed by atoms with Gasteiger partial charge in [-0.15, -0.1) is 0 Å². The normalized spacial score (nSPS) is 31.0. The first-order valence-corrected chi connectivity index (χ1v) is 5.89. The van der Waals surface area contributed by atoms with E-state index in [1.54, 1.807) is 0 Å². The van der Waals surface area contributed by atoms with Crippen molar-refractivity contribution in [3.05, 3.63) is 11.7 Å². The molecule has 4 nitrogen and oxygen atoms in total. The Balaban J connectivity index is 1.78. The third-order valence-corrected chi connectivity index (χ3v) is 3.60. The van der Waals surface area contributed by atoms with Gasteiger partial charge in [0.15, 0.2) is 5.82 Å². The van der Waals surface area contributed by atoms with Crippen molar-refractivity contribution in [3.8, 4) is 0 Å². The molecule has 2 saturated carbocycles. The lowest BCUT2D eigenvalue weighted by molar-refractivity contribution is 0.332. The molecule has 1 N–H and O–H groups in total. The molecule has 3 rings (SSSR count). The predicted molar refractivity (Wildman–Crippen MR) is 55.7 cm³/mol. The van der Waals surface area contributed by atoms with E-state index in [4.69, 9.17) is 4.52 Å². The van der Waals surface area contributed by atoms with Gasteiger partial charge in [-0.25, -0.2) is 0 Å². The standard InChI is InChI=1S/C11H17N3O/c1-12-9-4-2-3-8(9)11-13-10(14-15-11)7-5-6-7/h7-9,12H,2-6H2,1H3/t8-,9-/m1/s1. The van der Waals surface area contributed by atoms with Crippen LogP contribution in [0.4, 0.5) is 0 Å². The molecule has 2 aliphatic carbocycles. The van der Waals surface area contributed by atoms with Gasteiger partial charge in [0.05, 0.1) is 5.92 Å². The lowest BCUT2D eigenvalue weighted by Crippen LogP contribution is -2.27. The monoisotopic (exact) mass is 207 g/mol. The Morgan fingerprint density at radius 1 is 1.27 bits per heavy atom. The third-order valence-electron chi connectivity index (χ3n) is 3.60. The van der Waals surface area contributed by atoms with Crippen LogP contribution in [0.15, 0.2) is 4.52 Å². The van der Waals surface area contributed by atoms with Crippen LogP contribution in [0.25, 0.3) is 0 Å². The molecule has 0 amide bonds. The van der Waals surface area contributed by atoms with Gasteiger partial charge in [-0.05, 0) is 32.7 Å². The average Bonchev–Trinajstić information content (AvgIpc) is 2.83. The molecule has 15 heavy (non-hydrogen) atoms. The SMILES string of the molecule is CN[C@@H]1CCC[C@H]1c1nc(C2CC2)no1. The number of hydrogen-bond acceptors (Lipinski definition) is 4. The maximum atomic E-state index is 5.38. The van der Waals surface area contributed by atoms with Crippen molar-refractivity contribution in [3.63, 3.8) is 0 Å². The van der Waals surface area contributed by atoms with E-state index < -0.39 is 0 Å². The first-order valence-electron chi connectivity index (χ1n) is 5.89. The zero-order valence-electron chi connectivity index (χ0n) is 9.07. The Morgan fingerprint density at radius 2 is 2.13 bits per heavy atom. The van der Waals surface area contributed by atoms with Crippen molar-refractivity contribution in [2.75, 3.05) is 7.05 Å². The molecule has 1 aromatic heterocycles. The minimum Gasteiger partial charge on any atom is -0.339 e. The largest absolute Gasteiger partial charge is 0.339 e. The number of nitrogens with one attached hydrogen (secondary N) is 1. The average molecular weight is 207 g/mol. The fourth-order valence-corrected chi connectivity index (χ4v) is 2.51. The fraction of sp³-hybridized carbons (Fsp3) is 0.818. The summed E-state index contributed by atoms with van der Waals surface area (Å²) in [7, 11) is 2.02. The van der Waals surface area contributed by atoms with Gasteiger partial charge >= 0.3 is 0 Å². The number of hydrogen-bond donors (Lipinski definition) is 1. The highest BCUT2D eigenvalue weighted by molar-refractivity contribution is 5.08. The molecule has 0 radical (unpaired) electrons. The zero-order valence-corrected chi connectivity index (χ0v) is 9.07. The smallest absolute Gasteiger partial charge is 0.231 e. The van der Waals surface area contributed by atoms with Crippen molar-refractivity contribution in [1.29, 1.82) is 0 Å². The van der Waals surface area contributed by atoms with Gasteiger partial charge in [0.25, 0.3) is 0 Å². The van der Waals surface area contributed by atoms with Gasteiger partial charge in [0, 0.05) is 12.0 Å². The Kier molecular flexibility index (Phi) is 2.24. The molecule has 1 heterocycles. The van der Waals surface area contributed by atoms with Gasteiger partial charge < -0.3 is 9.84 Å². The van der Waals surface area contributed by atoms with Gasteiger partial charge in [-0.2, -0.15) is 4.98 Å². The lowest BCUT2D eigenvalue weighted by Gasteiger charge is -2.14. The summed E-state index contributed by atoms with van der Waals surface area (Å²) >= 11 is 0. The Bertz CT molecular complexity index is 345. The number of rotatable bonds is 3. The van der Waals surface area contributed by atoms with Crippen LogP contribution in [0, 0.1) is 0 Å². The maximum Gasteiger partial charge on any atom is 0.231 e. The van der Waals surface area contributed by atoms with Gasteiger partial charge in [-0.1, -0.05) is 11.6 Å². The Morgan fingerprint density at radius 3 is 2.87 bits per heavy atom. The van der Waals surface area contributed by atoms with Crippen molar-refractivity contribution < 1.29 is 4.52 Å². The Labute approximate surface area is 89.4 Å². The number of aromatic nitrogens is 2. The summed E-state index contributed by atoms with van der Waals surface area (Å²) in [6.45, 7) is 0. The van der Waals surface area contributed by atoms with E-state index >= 15 is 0 Å². The summed E-state index contributed by atoms with van der Waals surface area (Å²) in [5.41, 5.74) is 0. The molecule has 82 valence electrons. The molecule has 2 fully saturated rings. The summed E-state index contributed by atoms with van der Waals surface area (Å²) in [6, 6.07) is 0.525. The summed E-state index contributed by atoms with van der Waals surface area (Å²) < 4.78 is 5.38. The molecule has 0 bridgehead atoms. The minimum atomic E-state index is 0.440. The molecule has 4 heteroatoms. The summed E-state index contributed by atoms with van der Waals surface area (Å²) in [4.78, 5) is 4.53. The van der Waals surface area contributed by atoms with Crippen LogP contribution in [-0.4, -0.2) is 23.2 Å². The first kappa shape index (κ1) is 9.33. The molecular weight excluding hydrogens is 190 g/mol. The van der Waals surface area contributed by atoms with E-state index in [1.807, 2.05) is 7.05 Å². The van der Waals surface area contributed by atoms with Crippen LogP contribution >= 0.6 is 0 Å². The van der Waals surface area contributed by atoms with E-state index in [9.17, 15) is 0 Å². The first-order chi connectivity index (χ1) is 7.38. The van der Waals surface area contributed by atoms with Gasteiger partial charge in [-0.3, -0.25) is 0 Å². The molecule has 1 aromatic rings. The molecule has 0 saturated heterocycles. The van der Waals surface area contributed by atoms with Crippen molar-refractivity contribution >= 4 is 0 Å². The molecule has 0 aromatic carbocycles. The second-order valence-corrected chi connectivity index (χ2v) is 4.70. The third kappa shape index (κ3) is 1.67. The zero-order chi connectivity index (χ0) is 10.3. The predicted octanol–water partition coefficient (Wildman–Crippen LogP) is 1.80. The van der Waals surface area contributed by atoms with Crippen LogP contribution in [0.1, 0.15) is 55.7 Å². The maximum absolute atomic E-state index is 5.38. The van der Waals surface area contributed by atoms with Crippen LogP contribution < -0.4 is 5.32 Å². The van der Waals surface area contributed by atoms with Crippen LogP contribution in [-0.2, 0) is 0 Å². The molecule has 0 unspecified atom stereocenters. The van der Waals surface area contributed by atoms with Gasteiger partial charge in [0.2, 0.25) is 5.89 Å². The van der Waals surface area contributed by atoms with E-state index in [2.05, 4.69) is 15.5 Å². The van der Waals surface area contributed by atoms with E-state index in [1.165, 1.54) is 32.1 Å². The summed E-state index contributed by atoms with van der Waals surface area (Å²) in [6.07, 6.45) is 6.13. The molecule has 2 atom stereocenters. The Hall–Kier alpha value is -0.900. The highest BCUT2D eigenvalue weighted by Gasteiger charge is 2.34. The molecule has 0 spiro atoms. The highest BCUT2D eigenvalue weighted by Crippen LogP contribution is 2.40. The second kappa shape index (κ2) is 3.59. The quantitative estimate of drug-likeness (QED) is 0.821. The van der Waals surface area contributed by atoms with Crippen LogP contribution in [0.3, 0.4) is 0 Å². The van der Waals surface area contributed by atoms with Crippen molar-refractivity contribution in [2.24, 2.45) is 0 Å². The summed E-state index contributed by atoms with van der Waals surface area (Å²) in [5, 5.41) is 7.42. The number of likely N-dealkylation sites (N-methyl/N-ethyl adjacent to an activating group) is 1. The highest BCUT2D eigenvalue weighted by atomic mass is 16.5. The van der Waals surface area contributed by atoms with E-state index in [-0.39, 0.29) is 0 Å². The molecule has 0 aliphatic heterocycles. The molecular formula is C11H17N3O. The second-order valence-electron chi connectivity index (χ2n) is 4.70. The fourth-order valence-electron chi connectivity index (χ4n) is 2.51. The lowest BCUT2D eigenvalue weighted by atomic mass is 10.0. The van der Waals surface area contributed by atoms with Crippen LogP contribution in [0.5, 0.6) is 0 Å². The van der Waals surface area contributed by atoms with Crippen molar-refractivity contribution in [1.82, 2.24) is 15.5 Å². The summed E-state index contributed by atoms with van der Waals surface area (Å²) in [5.74, 6) is 2.83. The van der Waals surface area contributed by atoms with E-state index in [0.717, 1.165) is 11.7 Å². The van der Waals surface area contributed by atoms with Gasteiger partial charge in [0.1, 0.15) is 0 Å². The molecule has 2 aliphatic rings. The van der Waals surface area contributed by atoms with Crippen molar-refractivity contribution in [2.45, 2.75) is 50.0 Å². The number of nitrogens with zero attached hydrogens (tertiary/aromatic N) is 2.